The van der Waals surface area contributed by atoms with E-state index in [4.69, 9.17) is 4.74 Å². The Morgan fingerprint density at radius 3 is 2.68 bits per heavy atom. The highest BCUT2D eigenvalue weighted by molar-refractivity contribution is 6.10. The molecule has 1 aromatic heterocycles. The van der Waals surface area contributed by atoms with Crippen molar-refractivity contribution in [3.8, 4) is 0 Å². The highest BCUT2D eigenvalue weighted by Crippen LogP contribution is 2.26. The molecule has 0 radical (unpaired) electrons. The first-order valence-corrected chi connectivity index (χ1v) is 7.97. The fraction of sp³-hybridized carbons (Fsp3) is 0.444. The van der Waals surface area contributed by atoms with Gasteiger partial charge in [-0.2, -0.15) is 0 Å². The summed E-state index contributed by atoms with van der Waals surface area (Å²) in [5, 5.41) is 0.869. The summed E-state index contributed by atoms with van der Waals surface area (Å²) in [7, 11) is 0. The van der Waals surface area contributed by atoms with E-state index >= 15 is 0 Å². The largest absolute Gasteiger partial charge is 0.454 e. The third kappa shape index (κ3) is 2.91. The van der Waals surface area contributed by atoms with Crippen LogP contribution in [0.5, 0.6) is 0 Å². The molecule has 1 heterocycles. The molecule has 0 saturated heterocycles. The van der Waals surface area contributed by atoms with Gasteiger partial charge < -0.3 is 9.72 Å². The number of rotatable bonds is 4. The molecule has 1 N–H and O–H groups in total. The lowest BCUT2D eigenvalue weighted by Gasteiger charge is -2.21. The lowest BCUT2D eigenvalue weighted by molar-refractivity contribution is -0.152. The number of aromatic nitrogens is 1. The summed E-state index contributed by atoms with van der Waals surface area (Å²) in [6, 6.07) is 7.63. The Morgan fingerprint density at radius 1 is 1.18 bits per heavy atom. The normalized spacial score (nSPS) is 17.3. The molecule has 1 fully saturated rings. The molecule has 116 valence electrons. The van der Waals surface area contributed by atoms with Gasteiger partial charge >= 0.3 is 5.97 Å². The van der Waals surface area contributed by atoms with Crippen molar-refractivity contribution in [2.24, 2.45) is 5.92 Å². The highest BCUT2D eigenvalue weighted by Gasteiger charge is 2.27. The minimum atomic E-state index is -0.742. The first kappa shape index (κ1) is 14.8. The molecule has 1 aliphatic carbocycles. The van der Waals surface area contributed by atoms with E-state index in [1.807, 2.05) is 24.3 Å². The molecule has 1 unspecified atom stereocenters. The van der Waals surface area contributed by atoms with E-state index in [1.54, 1.807) is 13.1 Å². The number of para-hydroxylation sites is 1. The summed E-state index contributed by atoms with van der Waals surface area (Å²) in [5.74, 6) is -0.408. The fourth-order valence-electron chi connectivity index (χ4n) is 3.16. The smallest absolute Gasteiger partial charge is 0.309 e. The van der Waals surface area contributed by atoms with Gasteiger partial charge in [0.1, 0.15) is 0 Å². The molecule has 1 atom stereocenters. The second-order valence-corrected chi connectivity index (χ2v) is 6.03. The number of hydrogen-bond donors (Lipinski definition) is 1. The average molecular weight is 299 g/mol. The topological polar surface area (TPSA) is 59.2 Å². The van der Waals surface area contributed by atoms with Crippen LogP contribution in [0.3, 0.4) is 0 Å². The van der Waals surface area contributed by atoms with E-state index in [-0.39, 0.29) is 17.7 Å². The Kier molecular flexibility index (Phi) is 4.27. The number of ketones is 1. The summed E-state index contributed by atoms with van der Waals surface area (Å²) in [4.78, 5) is 27.8. The molecule has 4 heteroatoms. The number of Topliss-reactive ketones (excluding diaryl/α,β-unsaturated/α-hetero) is 1. The Labute approximate surface area is 129 Å². The fourth-order valence-corrected chi connectivity index (χ4v) is 3.16. The number of benzene rings is 1. The van der Waals surface area contributed by atoms with Crippen LogP contribution in [0.2, 0.25) is 0 Å². The van der Waals surface area contributed by atoms with E-state index in [1.165, 1.54) is 6.42 Å². The summed E-state index contributed by atoms with van der Waals surface area (Å²) >= 11 is 0. The van der Waals surface area contributed by atoms with Crippen molar-refractivity contribution in [2.75, 3.05) is 0 Å². The minimum absolute atomic E-state index is 0.0352. The molecule has 22 heavy (non-hydrogen) atoms. The van der Waals surface area contributed by atoms with Crippen molar-refractivity contribution in [2.45, 2.75) is 45.1 Å². The van der Waals surface area contributed by atoms with E-state index in [2.05, 4.69) is 4.98 Å². The molecule has 0 spiro atoms. The Hall–Kier alpha value is -2.10. The molecule has 3 rings (SSSR count). The van der Waals surface area contributed by atoms with Crippen LogP contribution in [-0.4, -0.2) is 22.8 Å². The van der Waals surface area contributed by atoms with Crippen LogP contribution in [0.4, 0.5) is 0 Å². The zero-order valence-electron chi connectivity index (χ0n) is 12.8. The molecular formula is C18H21NO3. The molecule has 1 aliphatic rings. The standard InChI is InChI=1S/C18H21NO3/c1-12(22-18(21)13-7-3-2-4-8-13)17(20)15-11-19-16-10-6-5-9-14(15)16/h5-6,9-13,19H,2-4,7-8H2,1H3. The number of nitrogens with one attached hydrogen (secondary N) is 1. The van der Waals surface area contributed by atoms with Crippen LogP contribution >= 0.6 is 0 Å². The number of ether oxygens (including phenoxy) is 1. The zero-order chi connectivity index (χ0) is 15.5. The second-order valence-electron chi connectivity index (χ2n) is 6.03. The number of esters is 1. The first-order chi connectivity index (χ1) is 10.7. The van der Waals surface area contributed by atoms with Gasteiger partial charge in [-0.1, -0.05) is 37.5 Å². The maximum atomic E-state index is 12.5. The summed E-state index contributed by atoms with van der Waals surface area (Å²) < 4.78 is 5.42. The van der Waals surface area contributed by atoms with Crippen LogP contribution in [0.1, 0.15) is 49.4 Å². The van der Waals surface area contributed by atoms with Gasteiger partial charge in [0.05, 0.1) is 5.92 Å². The van der Waals surface area contributed by atoms with Gasteiger partial charge in [-0.15, -0.1) is 0 Å². The lowest BCUT2D eigenvalue weighted by atomic mass is 9.89. The number of H-pyrrole nitrogens is 1. The summed E-state index contributed by atoms with van der Waals surface area (Å²) in [5.41, 5.74) is 1.50. The van der Waals surface area contributed by atoms with Gasteiger partial charge in [0, 0.05) is 22.7 Å². The Morgan fingerprint density at radius 2 is 1.91 bits per heavy atom. The molecule has 1 saturated carbocycles. The number of fused-ring (bicyclic) bond motifs is 1. The van der Waals surface area contributed by atoms with E-state index in [0.717, 1.165) is 36.6 Å². The first-order valence-electron chi connectivity index (χ1n) is 7.97. The maximum absolute atomic E-state index is 12.5. The van der Waals surface area contributed by atoms with Gasteiger partial charge in [-0.3, -0.25) is 9.59 Å². The Bertz CT molecular complexity index is 682. The number of carbonyl (C=O) groups excluding carboxylic acids is 2. The third-order valence-corrected chi connectivity index (χ3v) is 4.46. The number of carbonyl (C=O) groups is 2. The number of aromatic amines is 1. The summed E-state index contributed by atoms with van der Waals surface area (Å²) in [6.07, 6.45) is 6.05. The van der Waals surface area contributed by atoms with Gasteiger partial charge in [0.2, 0.25) is 5.78 Å². The van der Waals surface area contributed by atoms with Crippen molar-refractivity contribution >= 4 is 22.7 Å². The van der Waals surface area contributed by atoms with Crippen molar-refractivity contribution in [1.29, 1.82) is 0 Å². The molecule has 4 nitrogen and oxygen atoms in total. The predicted molar refractivity (Wildman–Crippen MR) is 84.8 cm³/mol. The van der Waals surface area contributed by atoms with E-state index in [9.17, 15) is 9.59 Å². The third-order valence-electron chi connectivity index (χ3n) is 4.46. The van der Waals surface area contributed by atoms with Crippen LogP contribution < -0.4 is 0 Å². The van der Waals surface area contributed by atoms with Gasteiger partial charge in [-0.05, 0) is 25.8 Å². The van der Waals surface area contributed by atoms with Crippen LogP contribution in [0.25, 0.3) is 10.9 Å². The van der Waals surface area contributed by atoms with Crippen molar-refractivity contribution in [3.63, 3.8) is 0 Å². The zero-order valence-corrected chi connectivity index (χ0v) is 12.8. The Balaban J connectivity index is 1.70. The molecule has 0 bridgehead atoms. The minimum Gasteiger partial charge on any atom is -0.454 e. The van der Waals surface area contributed by atoms with E-state index in [0.29, 0.717) is 5.56 Å². The van der Waals surface area contributed by atoms with Gasteiger partial charge in [0.15, 0.2) is 6.10 Å². The molecule has 1 aromatic carbocycles. The van der Waals surface area contributed by atoms with Crippen LogP contribution in [-0.2, 0) is 9.53 Å². The molecule has 2 aromatic rings. The quantitative estimate of drug-likeness (QED) is 0.689. The lowest BCUT2D eigenvalue weighted by Crippen LogP contribution is -2.29. The maximum Gasteiger partial charge on any atom is 0.309 e. The predicted octanol–water partition coefficient (Wildman–Crippen LogP) is 3.86. The summed E-state index contributed by atoms with van der Waals surface area (Å²) in [6.45, 7) is 1.66. The molecule has 0 aliphatic heterocycles. The van der Waals surface area contributed by atoms with Crippen LogP contribution in [0, 0.1) is 5.92 Å². The highest BCUT2D eigenvalue weighted by atomic mass is 16.5. The monoisotopic (exact) mass is 299 g/mol. The van der Waals surface area contributed by atoms with Crippen molar-refractivity contribution < 1.29 is 14.3 Å². The van der Waals surface area contributed by atoms with Crippen LogP contribution in [0.15, 0.2) is 30.5 Å². The SMILES string of the molecule is CC(OC(=O)C1CCCCC1)C(=O)c1c[nH]c2ccccc12. The molecular weight excluding hydrogens is 278 g/mol. The van der Waals surface area contributed by atoms with Gasteiger partial charge in [0.25, 0.3) is 0 Å². The van der Waals surface area contributed by atoms with Crippen molar-refractivity contribution in [3.05, 3.63) is 36.0 Å². The van der Waals surface area contributed by atoms with E-state index < -0.39 is 6.10 Å². The van der Waals surface area contributed by atoms with Gasteiger partial charge in [-0.25, -0.2) is 0 Å². The number of hydrogen-bond acceptors (Lipinski definition) is 3. The average Bonchev–Trinajstić information content (AvgIpc) is 2.99. The van der Waals surface area contributed by atoms with Crippen molar-refractivity contribution in [1.82, 2.24) is 4.98 Å². The molecule has 0 amide bonds. The second kappa shape index (κ2) is 6.34.